The second-order valence-electron chi connectivity index (χ2n) is 5.63. The minimum atomic E-state index is 0.699. The molecule has 0 unspecified atom stereocenters. The first kappa shape index (κ1) is 20.8. The van der Waals surface area contributed by atoms with Gasteiger partial charge in [-0.05, 0) is 50.2 Å². The summed E-state index contributed by atoms with van der Waals surface area (Å²) >= 11 is 1.91. The van der Waals surface area contributed by atoms with Gasteiger partial charge >= 0.3 is 0 Å². The van der Waals surface area contributed by atoms with Gasteiger partial charge in [-0.15, -0.1) is 0 Å². The van der Waals surface area contributed by atoms with Crippen LogP contribution in [0.1, 0.15) is 38.2 Å². The van der Waals surface area contributed by atoms with Gasteiger partial charge in [0, 0.05) is 26.2 Å². The van der Waals surface area contributed by atoms with Gasteiger partial charge < -0.3 is 15.4 Å². The van der Waals surface area contributed by atoms with Crippen molar-refractivity contribution in [3.63, 3.8) is 0 Å². The molecule has 4 nitrogen and oxygen atoms in total. The lowest BCUT2D eigenvalue weighted by Gasteiger charge is -2.11. The van der Waals surface area contributed by atoms with Crippen LogP contribution in [-0.2, 0) is 11.3 Å². The Labute approximate surface area is 151 Å². The van der Waals surface area contributed by atoms with Crippen LogP contribution in [0.5, 0.6) is 0 Å². The molecule has 0 amide bonds. The van der Waals surface area contributed by atoms with Crippen molar-refractivity contribution in [2.24, 2.45) is 4.99 Å². The number of nitrogens with one attached hydrogen (secondary N) is 2. The van der Waals surface area contributed by atoms with E-state index < -0.39 is 0 Å². The summed E-state index contributed by atoms with van der Waals surface area (Å²) in [5.74, 6) is 2.17. The average molecular weight is 352 g/mol. The second-order valence-corrected chi connectivity index (χ2v) is 6.62. The molecule has 0 aliphatic heterocycles. The van der Waals surface area contributed by atoms with Crippen LogP contribution in [-0.4, -0.2) is 44.2 Å². The molecule has 0 aliphatic carbocycles. The fraction of sp³-hybridized carbons (Fsp3) is 0.632. The van der Waals surface area contributed by atoms with Crippen molar-refractivity contribution in [1.29, 1.82) is 0 Å². The Morgan fingerprint density at radius 3 is 2.67 bits per heavy atom. The van der Waals surface area contributed by atoms with Crippen molar-refractivity contribution in [2.75, 3.05) is 38.2 Å². The highest BCUT2D eigenvalue weighted by atomic mass is 32.2. The molecule has 0 saturated heterocycles. The van der Waals surface area contributed by atoms with E-state index in [9.17, 15) is 0 Å². The fourth-order valence-corrected chi connectivity index (χ4v) is 2.68. The zero-order chi connectivity index (χ0) is 17.3. The topological polar surface area (TPSA) is 45.7 Å². The standard InChI is InChI=1S/C19H33N3OS/c1-3-20-19(22-14-8-10-16-24-2)21-13-7-9-15-23-17-18-11-5-4-6-12-18/h4-6,11-12H,3,7-10,13-17H2,1-2H3,(H2,20,21,22). The molecule has 0 bridgehead atoms. The maximum Gasteiger partial charge on any atom is 0.191 e. The first-order chi connectivity index (χ1) is 11.9. The number of nitrogens with zero attached hydrogens (tertiary/aromatic N) is 1. The predicted octanol–water partition coefficient (Wildman–Crippen LogP) is 3.68. The van der Waals surface area contributed by atoms with E-state index in [0.717, 1.165) is 45.0 Å². The molecule has 2 N–H and O–H groups in total. The minimum Gasteiger partial charge on any atom is -0.377 e. The largest absolute Gasteiger partial charge is 0.377 e. The van der Waals surface area contributed by atoms with Crippen LogP contribution in [0.25, 0.3) is 0 Å². The number of unbranched alkanes of at least 4 members (excludes halogenated alkanes) is 2. The number of guanidine groups is 1. The van der Waals surface area contributed by atoms with Gasteiger partial charge in [-0.1, -0.05) is 30.3 Å². The summed E-state index contributed by atoms with van der Waals surface area (Å²) in [6.07, 6.45) is 6.70. The van der Waals surface area contributed by atoms with Crippen molar-refractivity contribution in [2.45, 2.75) is 39.2 Å². The van der Waals surface area contributed by atoms with Crippen LogP contribution in [0, 0.1) is 0 Å². The van der Waals surface area contributed by atoms with Crippen LogP contribution in [0.2, 0.25) is 0 Å². The van der Waals surface area contributed by atoms with Gasteiger partial charge in [0.15, 0.2) is 5.96 Å². The zero-order valence-electron chi connectivity index (χ0n) is 15.2. The number of hydrogen-bond acceptors (Lipinski definition) is 3. The van der Waals surface area contributed by atoms with Crippen LogP contribution < -0.4 is 10.6 Å². The van der Waals surface area contributed by atoms with E-state index in [1.165, 1.54) is 24.2 Å². The molecule has 1 aromatic carbocycles. The molecule has 0 aliphatic rings. The van der Waals surface area contributed by atoms with E-state index in [2.05, 4.69) is 40.9 Å². The lowest BCUT2D eigenvalue weighted by Crippen LogP contribution is -2.37. The molecule has 0 fully saturated rings. The molecule has 0 heterocycles. The Morgan fingerprint density at radius 1 is 1.08 bits per heavy atom. The highest BCUT2D eigenvalue weighted by Crippen LogP contribution is 2.01. The maximum atomic E-state index is 5.69. The normalized spacial score (nSPS) is 11.5. The van der Waals surface area contributed by atoms with Crippen molar-refractivity contribution in [3.8, 4) is 0 Å². The molecule has 1 rings (SSSR count). The molecule has 0 radical (unpaired) electrons. The lowest BCUT2D eigenvalue weighted by atomic mass is 10.2. The Balaban J connectivity index is 2.06. The summed E-state index contributed by atoms with van der Waals surface area (Å²) in [6, 6.07) is 10.3. The van der Waals surface area contributed by atoms with E-state index >= 15 is 0 Å². The number of hydrogen-bond donors (Lipinski definition) is 2. The van der Waals surface area contributed by atoms with E-state index in [-0.39, 0.29) is 0 Å². The average Bonchev–Trinajstić information content (AvgIpc) is 2.61. The highest BCUT2D eigenvalue weighted by Gasteiger charge is 1.97. The molecule has 5 heteroatoms. The lowest BCUT2D eigenvalue weighted by molar-refractivity contribution is 0.117. The van der Waals surface area contributed by atoms with Crippen molar-refractivity contribution >= 4 is 17.7 Å². The van der Waals surface area contributed by atoms with E-state index in [1.54, 1.807) is 0 Å². The zero-order valence-corrected chi connectivity index (χ0v) is 16.0. The van der Waals surface area contributed by atoms with Crippen LogP contribution in [0.4, 0.5) is 0 Å². The van der Waals surface area contributed by atoms with Gasteiger partial charge in [0.25, 0.3) is 0 Å². The number of benzene rings is 1. The molecule has 0 atom stereocenters. The summed E-state index contributed by atoms with van der Waals surface area (Å²) in [4.78, 5) is 4.62. The Bertz CT molecular complexity index is 426. The number of rotatable bonds is 13. The molecule has 0 saturated carbocycles. The molecule has 0 spiro atoms. The van der Waals surface area contributed by atoms with Crippen molar-refractivity contribution in [1.82, 2.24) is 10.6 Å². The predicted molar refractivity (Wildman–Crippen MR) is 107 cm³/mol. The molecular weight excluding hydrogens is 318 g/mol. The Hall–Kier alpha value is -1.20. The molecular formula is C19H33N3OS. The van der Waals surface area contributed by atoms with Crippen LogP contribution in [0.15, 0.2) is 35.3 Å². The first-order valence-corrected chi connectivity index (χ1v) is 10.4. The first-order valence-electron chi connectivity index (χ1n) is 8.99. The fourth-order valence-electron chi connectivity index (χ4n) is 2.19. The number of aliphatic imine (C=N–C) groups is 1. The quantitative estimate of drug-likeness (QED) is 0.323. The van der Waals surface area contributed by atoms with Gasteiger partial charge in [0.2, 0.25) is 0 Å². The summed E-state index contributed by atoms with van der Waals surface area (Å²) in [5, 5.41) is 6.70. The second kappa shape index (κ2) is 15.3. The van der Waals surface area contributed by atoms with E-state index in [4.69, 9.17) is 4.74 Å². The third-order valence-corrected chi connectivity index (χ3v) is 4.19. The Morgan fingerprint density at radius 2 is 1.92 bits per heavy atom. The minimum absolute atomic E-state index is 0.699. The van der Waals surface area contributed by atoms with Gasteiger partial charge in [0.1, 0.15) is 0 Å². The van der Waals surface area contributed by atoms with Crippen LogP contribution in [0.3, 0.4) is 0 Å². The summed E-state index contributed by atoms with van der Waals surface area (Å²) in [7, 11) is 0. The third-order valence-electron chi connectivity index (χ3n) is 3.49. The Kier molecular flexibility index (Phi) is 13.3. The van der Waals surface area contributed by atoms with Gasteiger partial charge in [-0.2, -0.15) is 11.8 Å². The molecule has 24 heavy (non-hydrogen) atoms. The molecule has 1 aromatic rings. The summed E-state index contributed by atoms with van der Waals surface area (Å²) in [6.45, 7) is 6.33. The van der Waals surface area contributed by atoms with E-state index in [1.807, 2.05) is 30.0 Å². The maximum absolute atomic E-state index is 5.69. The van der Waals surface area contributed by atoms with Crippen LogP contribution >= 0.6 is 11.8 Å². The van der Waals surface area contributed by atoms with Crippen molar-refractivity contribution in [3.05, 3.63) is 35.9 Å². The van der Waals surface area contributed by atoms with Gasteiger partial charge in [-0.25, -0.2) is 0 Å². The summed E-state index contributed by atoms with van der Waals surface area (Å²) < 4.78 is 5.69. The highest BCUT2D eigenvalue weighted by molar-refractivity contribution is 7.98. The van der Waals surface area contributed by atoms with E-state index in [0.29, 0.717) is 6.61 Å². The number of thioether (sulfide) groups is 1. The summed E-state index contributed by atoms with van der Waals surface area (Å²) in [5.41, 5.74) is 1.23. The SMILES string of the molecule is CCNC(=NCCCCOCc1ccccc1)NCCCCSC. The van der Waals surface area contributed by atoms with Crippen molar-refractivity contribution < 1.29 is 4.74 Å². The smallest absolute Gasteiger partial charge is 0.191 e. The number of ether oxygens (including phenoxy) is 1. The third kappa shape index (κ3) is 11.4. The van der Waals surface area contributed by atoms with Gasteiger partial charge in [-0.3, -0.25) is 4.99 Å². The monoisotopic (exact) mass is 351 g/mol. The van der Waals surface area contributed by atoms with Gasteiger partial charge in [0.05, 0.1) is 6.61 Å². The molecule has 136 valence electrons. The molecule has 0 aromatic heterocycles.